The number of ether oxygens (including phenoxy) is 1. The summed E-state index contributed by atoms with van der Waals surface area (Å²) in [6.07, 6.45) is 0.137. The minimum absolute atomic E-state index is 0.101. The first kappa shape index (κ1) is 17.6. The van der Waals surface area contributed by atoms with E-state index in [1.807, 2.05) is 55.5 Å². The zero-order valence-electron chi connectivity index (χ0n) is 14.8. The van der Waals surface area contributed by atoms with E-state index in [9.17, 15) is 9.59 Å². The van der Waals surface area contributed by atoms with Gasteiger partial charge >= 0.3 is 5.97 Å². The fourth-order valence-corrected chi connectivity index (χ4v) is 3.47. The third-order valence-corrected chi connectivity index (χ3v) is 5.27. The Bertz CT molecular complexity index is 1050. The van der Waals surface area contributed by atoms with Crippen molar-refractivity contribution in [3.05, 3.63) is 71.2 Å². The van der Waals surface area contributed by atoms with E-state index in [4.69, 9.17) is 16.3 Å². The summed E-state index contributed by atoms with van der Waals surface area (Å²) in [4.78, 5) is 26.6. The minimum Gasteiger partial charge on any atom is -0.426 e. The number of amides is 1. The lowest BCUT2D eigenvalue weighted by Crippen LogP contribution is -2.27. The second-order valence-corrected chi connectivity index (χ2v) is 7.18. The van der Waals surface area contributed by atoms with Crippen LogP contribution in [-0.4, -0.2) is 18.4 Å². The maximum absolute atomic E-state index is 12.6. The van der Waals surface area contributed by atoms with Gasteiger partial charge in [-0.1, -0.05) is 48.0 Å². The largest absolute Gasteiger partial charge is 0.426 e. The van der Waals surface area contributed by atoms with E-state index in [0.29, 0.717) is 23.0 Å². The van der Waals surface area contributed by atoms with Crippen LogP contribution in [0.15, 0.2) is 60.7 Å². The summed E-state index contributed by atoms with van der Waals surface area (Å²) in [5, 5.41) is 2.68. The molecule has 0 radical (unpaired) electrons. The van der Waals surface area contributed by atoms with Gasteiger partial charge in [0.1, 0.15) is 5.75 Å². The van der Waals surface area contributed by atoms with Gasteiger partial charge in [0.05, 0.1) is 5.92 Å². The van der Waals surface area contributed by atoms with Crippen LogP contribution in [-0.2, 0) is 9.59 Å². The quantitative estimate of drug-likeness (QED) is 0.487. The number of hydrogen-bond acceptors (Lipinski definition) is 3. The van der Waals surface area contributed by atoms with Crippen molar-refractivity contribution in [2.45, 2.75) is 13.3 Å². The molecule has 0 N–H and O–H groups in total. The Kier molecular flexibility index (Phi) is 4.58. The first-order valence-electron chi connectivity index (χ1n) is 8.78. The normalized spacial score (nSPS) is 16.7. The summed E-state index contributed by atoms with van der Waals surface area (Å²) in [5.41, 5.74) is 1.65. The molecule has 1 heterocycles. The number of anilines is 1. The maximum atomic E-state index is 12.6. The average Bonchev–Trinajstić information content (AvgIpc) is 3.06. The topological polar surface area (TPSA) is 46.6 Å². The van der Waals surface area contributed by atoms with Crippen LogP contribution in [0.2, 0.25) is 5.02 Å². The molecule has 4 nitrogen and oxygen atoms in total. The number of fused-ring (bicyclic) bond motifs is 1. The van der Waals surface area contributed by atoms with Crippen molar-refractivity contribution in [1.82, 2.24) is 0 Å². The fourth-order valence-electron chi connectivity index (χ4n) is 3.30. The number of benzene rings is 3. The number of nitrogens with zero attached hydrogens (tertiary/aromatic N) is 1. The molecule has 1 aliphatic heterocycles. The van der Waals surface area contributed by atoms with E-state index in [0.717, 1.165) is 16.3 Å². The third-order valence-electron chi connectivity index (χ3n) is 4.86. The van der Waals surface area contributed by atoms with Gasteiger partial charge in [-0.15, -0.1) is 0 Å². The van der Waals surface area contributed by atoms with Crippen LogP contribution in [0.3, 0.4) is 0 Å². The molecule has 1 aliphatic rings. The van der Waals surface area contributed by atoms with Crippen LogP contribution in [0.25, 0.3) is 10.8 Å². The van der Waals surface area contributed by atoms with Gasteiger partial charge in [0, 0.05) is 23.7 Å². The molecule has 27 heavy (non-hydrogen) atoms. The second kappa shape index (κ2) is 7.05. The van der Waals surface area contributed by atoms with Crippen LogP contribution in [0.1, 0.15) is 12.0 Å². The van der Waals surface area contributed by atoms with Gasteiger partial charge in [-0.05, 0) is 47.5 Å². The lowest BCUT2D eigenvalue weighted by atomic mass is 10.1. The Morgan fingerprint density at radius 3 is 2.63 bits per heavy atom. The summed E-state index contributed by atoms with van der Waals surface area (Å²) in [6.45, 7) is 2.20. The van der Waals surface area contributed by atoms with Gasteiger partial charge in [-0.25, -0.2) is 0 Å². The first-order chi connectivity index (χ1) is 13.0. The highest BCUT2D eigenvalue weighted by atomic mass is 35.5. The van der Waals surface area contributed by atoms with E-state index < -0.39 is 5.92 Å². The van der Waals surface area contributed by atoms with Gasteiger partial charge < -0.3 is 9.64 Å². The average molecular weight is 380 g/mol. The van der Waals surface area contributed by atoms with E-state index >= 15 is 0 Å². The summed E-state index contributed by atoms with van der Waals surface area (Å²) in [6, 6.07) is 18.9. The van der Waals surface area contributed by atoms with Crippen molar-refractivity contribution in [2.24, 2.45) is 5.92 Å². The van der Waals surface area contributed by atoms with Crippen molar-refractivity contribution >= 4 is 39.9 Å². The van der Waals surface area contributed by atoms with Crippen LogP contribution in [0.5, 0.6) is 5.75 Å². The van der Waals surface area contributed by atoms with Crippen molar-refractivity contribution in [2.75, 3.05) is 11.4 Å². The Balaban J connectivity index is 1.49. The van der Waals surface area contributed by atoms with Gasteiger partial charge in [-0.2, -0.15) is 0 Å². The second-order valence-electron chi connectivity index (χ2n) is 6.77. The third kappa shape index (κ3) is 3.53. The number of carbonyl (C=O) groups is 2. The smallest absolute Gasteiger partial charge is 0.316 e. The van der Waals surface area contributed by atoms with E-state index in [1.165, 1.54) is 0 Å². The highest BCUT2D eigenvalue weighted by molar-refractivity contribution is 6.31. The van der Waals surface area contributed by atoms with Gasteiger partial charge in [0.25, 0.3) is 0 Å². The van der Waals surface area contributed by atoms with Gasteiger partial charge in [0.15, 0.2) is 0 Å². The van der Waals surface area contributed by atoms with Crippen LogP contribution >= 0.6 is 11.6 Å². The lowest BCUT2D eigenvalue weighted by Gasteiger charge is -2.17. The Labute approximate surface area is 162 Å². The molecule has 0 aliphatic carbocycles. The Hall–Kier alpha value is -2.85. The predicted molar refractivity (Wildman–Crippen MR) is 106 cm³/mol. The predicted octanol–water partition coefficient (Wildman–Crippen LogP) is 4.76. The van der Waals surface area contributed by atoms with Crippen molar-refractivity contribution in [1.29, 1.82) is 0 Å². The standard InChI is InChI=1S/C22H18ClNO3/c1-14-6-8-18(12-20(14)23)24-13-17(11-21(24)25)22(26)27-19-9-7-15-4-2-3-5-16(15)10-19/h2-10,12,17H,11,13H2,1H3/t17-/m1/s1. The molecule has 0 unspecified atom stereocenters. The molecule has 1 amide bonds. The fraction of sp³-hybridized carbons (Fsp3) is 0.182. The van der Waals surface area contributed by atoms with Crippen molar-refractivity contribution in [3.8, 4) is 5.75 Å². The molecule has 0 saturated carbocycles. The SMILES string of the molecule is Cc1ccc(N2C[C@H](C(=O)Oc3ccc4ccccc4c3)CC2=O)cc1Cl. The molecule has 5 heteroatoms. The van der Waals surface area contributed by atoms with E-state index in [-0.39, 0.29) is 18.3 Å². The number of aryl methyl sites for hydroxylation is 1. The number of carbonyl (C=O) groups excluding carboxylic acids is 2. The van der Waals surface area contributed by atoms with Crippen molar-refractivity contribution in [3.63, 3.8) is 0 Å². The molecule has 1 atom stereocenters. The molecule has 1 saturated heterocycles. The molecule has 136 valence electrons. The number of esters is 1. The minimum atomic E-state index is -0.496. The Morgan fingerprint density at radius 1 is 1.07 bits per heavy atom. The monoisotopic (exact) mass is 379 g/mol. The number of rotatable bonds is 3. The van der Waals surface area contributed by atoms with Crippen molar-refractivity contribution < 1.29 is 14.3 Å². The molecule has 0 aromatic heterocycles. The zero-order chi connectivity index (χ0) is 19.0. The first-order valence-corrected chi connectivity index (χ1v) is 9.16. The highest BCUT2D eigenvalue weighted by Crippen LogP contribution is 2.30. The van der Waals surface area contributed by atoms with Crippen LogP contribution in [0.4, 0.5) is 5.69 Å². The molecular formula is C22H18ClNO3. The maximum Gasteiger partial charge on any atom is 0.316 e. The molecule has 0 spiro atoms. The Morgan fingerprint density at radius 2 is 1.85 bits per heavy atom. The zero-order valence-corrected chi connectivity index (χ0v) is 15.6. The summed E-state index contributed by atoms with van der Waals surface area (Å²) in [7, 11) is 0. The summed E-state index contributed by atoms with van der Waals surface area (Å²) >= 11 is 6.16. The van der Waals surface area contributed by atoms with E-state index in [2.05, 4.69) is 0 Å². The summed E-state index contributed by atoms with van der Waals surface area (Å²) < 4.78 is 5.54. The van der Waals surface area contributed by atoms with E-state index in [1.54, 1.807) is 17.0 Å². The van der Waals surface area contributed by atoms with Crippen LogP contribution < -0.4 is 9.64 Å². The molecule has 3 aromatic rings. The van der Waals surface area contributed by atoms with Crippen LogP contribution in [0, 0.1) is 12.8 Å². The molecular weight excluding hydrogens is 362 g/mol. The highest BCUT2D eigenvalue weighted by Gasteiger charge is 2.36. The molecule has 0 bridgehead atoms. The van der Waals surface area contributed by atoms with Gasteiger partial charge in [0.2, 0.25) is 5.91 Å². The molecule has 4 rings (SSSR count). The lowest BCUT2D eigenvalue weighted by molar-refractivity contribution is -0.139. The summed E-state index contributed by atoms with van der Waals surface area (Å²) in [5.74, 6) is -0.498. The van der Waals surface area contributed by atoms with Gasteiger partial charge in [-0.3, -0.25) is 9.59 Å². The number of hydrogen-bond donors (Lipinski definition) is 0. The molecule has 1 fully saturated rings. The number of halogens is 1. The molecule has 3 aromatic carbocycles.